The van der Waals surface area contributed by atoms with Crippen LogP contribution in [0.5, 0.6) is 5.75 Å². The van der Waals surface area contributed by atoms with E-state index in [1.165, 1.54) is 23.3 Å². The molecule has 0 bridgehead atoms. The number of thiophene rings is 1. The molecule has 1 aliphatic rings. The smallest absolute Gasteiger partial charge is 0.123 e. The fourth-order valence-corrected chi connectivity index (χ4v) is 4.00. The molecule has 0 radical (unpaired) electrons. The van der Waals surface area contributed by atoms with Crippen LogP contribution in [-0.4, -0.2) is 18.6 Å². The summed E-state index contributed by atoms with van der Waals surface area (Å²) >= 11 is 7.97. The molecule has 1 aliphatic heterocycles. The van der Waals surface area contributed by atoms with E-state index in [0.29, 0.717) is 6.04 Å². The van der Waals surface area contributed by atoms with Crippen molar-refractivity contribution in [1.82, 2.24) is 4.90 Å². The summed E-state index contributed by atoms with van der Waals surface area (Å²) in [6, 6.07) is 10.8. The van der Waals surface area contributed by atoms with Gasteiger partial charge in [-0.2, -0.15) is 0 Å². The van der Waals surface area contributed by atoms with Crippen LogP contribution in [0.4, 0.5) is 0 Å². The molecule has 0 spiro atoms. The third-order valence-electron chi connectivity index (χ3n) is 3.85. The van der Waals surface area contributed by atoms with E-state index in [1.807, 2.05) is 29.5 Å². The molecule has 1 atom stereocenters. The summed E-state index contributed by atoms with van der Waals surface area (Å²) in [6.45, 7) is 2.03. The molecule has 1 saturated heterocycles. The molecule has 0 aliphatic carbocycles. The molecule has 0 N–H and O–H groups in total. The molecule has 1 fully saturated rings. The highest BCUT2D eigenvalue weighted by molar-refractivity contribution is 7.10. The Balaban J connectivity index is 1.82. The first-order chi connectivity index (χ1) is 9.78. The van der Waals surface area contributed by atoms with Crippen LogP contribution in [0.25, 0.3) is 0 Å². The fraction of sp³-hybridized carbons (Fsp3) is 0.375. The monoisotopic (exact) mass is 307 g/mol. The van der Waals surface area contributed by atoms with Gasteiger partial charge in [-0.25, -0.2) is 0 Å². The molecule has 0 saturated carbocycles. The Labute approximate surface area is 128 Å². The number of hydrogen-bond acceptors (Lipinski definition) is 3. The maximum absolute atomic E-state index is 6.12. The SMILES string of the molecule is COc1ccc(Cl)cc1CN1CCCC1c1cccs1. The van der Waals surface area contributed by atoms with Crippen LogP contribution in [0.15, 0.2) is 35.7 Å². The highest BCUT2D eigenvalue weighted by atomic mass is 35.5. The van der Waals surface area contributed by atoms with Gasteiger partial charge >= 0.3 is 0 Å². The van der Waals surface area contributed by atoms with Crippen molar-refractivity contribution in [1.29, 1.82) is 0 Å². The maximum atomic E-state index is 6.12. The van der Waals surface area contributed by atoms with Crippen LogP contribution in [-0.2, 0) is 6.54 Å². The summed E-state index contributed by atoms with van der Waals surface area (Å²) in [5, 5.41) is 2.93. The van der Waals surface area contributed by atoms with Crippen molar-refractivity contribution in [3.8, 4) is 5.75 Å². The Bertz CT molecular complexity index is 570. The molecular formula is C16H18ClNOS. The predicted octanol–water partition coefficient (Wildman–Crippen LogP) is 4.75. The van der Waals surface area contributed by atoms with Crippen LogP contribution in [0.2, 0.25) is 5.02 Å². The Kier molecular flexibility index (Phi) is 4.29. The summed E-state index contributed by atoms with van der Waals surface area (Å²) in [6.07, 6.45) is 2.49. The largest absolute Gasteiger partial charge is 0.496 e. The van der Waals surface area contributed by atoms with Crippen LogP contribution in [0.3, 0.4) is 0 Å². The lowest BCUT2D eigenvalue weighted by Gasteiger charge is -2.24. The van der Waals surface area contributed by atoms with Gasteiger partial charge in [0.1, 0.15) is 5.75 Å². The van der Waals surface area contributed by atoms with Gasteiger partial charge in [0.15, 0.2) is 0 Å². The number of nitrogens with zero attached hydrogens (tertiary/aromatic N) is 1. The second-order valence-corrected chi connectivity index (χ2v) is 6.52. The Morgan fingerprint density at radius 1 is 1.40 bits per heavy atom. The Hall–Kier alpha value is -1.03. The molecule has 2 aromatic rings. The number of ether oxygens (including phenoxy) is 1. The molecule has 1 aromatic heterocycles. The molecule has 3 rings (SSSR count). The molecule has 1 unspecified atom stereocenters. The summed E-state index contributed by atoms with van der Waals surface area (Å²) in [5.41, 5.74) is 1.17. The van der Waals surface area contributed by atoms with Crippen LogP contribution < -0.4 is 4.74 Å². The van der Waals surface area contributed by atoms with E-state index >= 15 is 0 Å². The van der Waals surface area contributed by atoms with E-state index in [9.17, 15) is 0 Å². The van der Waals surface area contributed by atoms with Gasteiger partial charge in [0.05, 0.1) is 7.11 Å². The zero-order valence-corrected chi connectivity index (χ0v) is 13.1. The first kappa shape index (κ1) is 13.9. The number of hydrogen-bond donors (Lipinski definition) is 0. The van der Waals surface area contributed by atoms with Gasteiger partial charge in [0.2, 0.25) is 0 Å². The summed E-state index contributed by atoms with van der Waals surface area (Å²) in [4.78, 5) is 3.99. The van der Waals surface area contributed by atoms with E-state index in [2.05, 4.69) is 22.4 Å². The standard InChI is InChI=1S/C16H18ClNOS/c1-19-15-7-6-13(17)10-12(15)11-18-8-2-4-14(18)16-5-3-9-20-16/h3,5-7,9-10,14H,2,4,8,11H2,1H3. The first-order valence-electron chi connectivity index (χ1n) is 6.88. The number of likely N-dealkylation sites (tertiary alicyclic amines) is 1. The molecule has 1 aromatic carbocycles. The van der Waals surface area contributed by atoms with Gasteiger partial charge in [0.25, 0.3) is 0 Å². The highest BCUT2D eigenvalue weighted by Gasteiger charge is 2.27. The van der Waals surface area contributed by atoms with Crippen molar-refractivity contribution in [2.75, 3.05) is 13.7 Å². The lowest BCUT2D eigenvalue weighted by molar-refractivity contribution is 0.247. The number of methoxy groups -OCH3 is 1. The van der Waals surface area contributed by atoms with E-state index in [0.717, 1.165) is 23.9 Å². The van der Waals surface area contributed by atoms with Crippen molar-refractivity contribution in [3.63, 3.8) is 0 Å². The number of halogens is 1. The van der Waals surface area contributed by atoms with Crippen LogP contribution in [0.1, 0.15) is 29.3 Å². The Morgan fingerprint density at radius 2 is 2.30 bits per heavy atom. The van der Waals surface area contributed by atoms with E-state index in [1.54, 1.807) is 7.11 Å². The molecule has 20 heavy (non-hydrogen) atoms. The average molecular weight is 308 g/mol. The van der Waals surface area contributed by atoms with Crippen LogP contribution in [0, 0.1) is 0 Å². The third-order valence-corrected chi connectivity index (χ3v) is 5.06. The zero-order valence-electron chi connectivity index (χ0n) is 11.5. The Morgan fingerprint density at radius 3 is 3.05 bits per heavy atom. The summed E-state index contributed by atoms with van der Waals surface area (Å²) < 4.78 is 5.45. The lowest BCUT2D eigenvalue weighted by Crippen LogP contribution is -2.22. The summed E-state index contributed by atoms with van der Waals surface area (Å²) in [7, 11) is 1.72. The molecule has 2 heterocycles. The van der Waals surface area contributed by atoms with E-state index in [-0.39, 0.29) is 0 Å². The molecule has 0 amide bonds. The first-order valence-corrected chi connectivity index (χ1v) is 8.13. The molecule has 106 valence electrons. The van der Waals surface area contributed by atoms with Crippen molar-refractivity contribution in [2.45, 2.75) is 25.4 Å². The zero-order chi connectivity index (χ0) is 13.9. The van der Waals surface area contributed by atoms with Gasteiger partial charge in [-0.05, 0) is 49.0 Å². The minimum absolute atomic E-state index is 0.540. The van der Waals surface area contributed by atoms with Crippen molar-refractivity contribution >= 4 is 22.9 Å². The van der Waals surface area contributed by atoms with Crippen molar-refractivity contribution in [3.05, 3.63) is 51.2 Å². The second kappa shape index (κ2) is 6.17. The van der Waals surface area contributed by atoms with Crippen molar-refractivity contribution in [2.24, 2.45) is 0 Å². The maximum Gasteiger partial charge on any atom is 0.123 e. The highest BCUT2D eigenvalue weighted by Crippen LogP contribution is 2.36. The van der Waals surface area contributed by atoms with Crippen molar-refractivity contribution < 1.29 is 4.74 Å². The minimum Gasteiger partial charge on any atom is -0.496 e. The topological polar surface area (TPSA) is 12.5 Å². The van der Waals surface area contributed by atoms with Gasteiger partial charge in [-0.1, -0.05) is 17.7 Å². The predicted molar refractivity (Wildman–Crippen MR) is 84.7 cm³/mol. The normalized spacial score (nSPS) is 19.4. The molecule has 2 nitrogen and oxygen atoms in total. The van der Waals surface area contributed by atoms with Gasteiger partial charge in [-0.15, -0.1) is 11.3 Å². The number of rotatable bonds is 4. The number of benzene rings is 1. The van der Waals surface area contributed by atoms with Gasteiger partial charge in [0, 0.05) is 28.0 Å². The van der Waals surface area contributed by atoms with E-state index < -0.39 is 0 Å². The third kappa shape index (κ3) is 2.85. The second-order valence-electron chi connectivity index (χ2n) is 5.10. The van der Waals surface area contributed by atoms with E-state index in [4.69, 9.17) is 16.3 Å². The minimum atomic E-state index is 0.540. The lowest BCUT2D eigenvalue weighted by atomic mass is 10.1. The van der Waals surface area contributed by atoms with Crippen LogP contribution >= 0.6 is 22.9 Å². The molecular weight excluding hydrogens is 290 g/mol. The molecule has 4 heteroatoms. The quantitative estimate of drug-likeness (QED) is 0.808. The van der Waals surface area contributed by atoms with Gasteiger partial charge in [-0.3, -0.25) is 4.90 Å². The van der Waals surface area contributed by atoms with Gasteiger partial charge < -0.3 is 4.74 Å². The fourth-order valence-electron chi connectivity index (χ4n) is 2.91. The average Bonchev–Trinajstić information content (AvgIpc) is 3.09. The summed E-state index contributed by atoms with van der Waals surface area (Å²) in [5.74, 6) is 0.922.